The molecule has 5 nitrogen and oxygen atoms in total. The fourth-order valence-corrected chi connectivity index (χ4v) is 3.23. The van der Waals surface area contributed by atoms with E-state index >= 15 is 0 Å². The molecule has 1 aromatic carbocycles. The zero-order chi connectivity index (χ0) is 18.7. The minimum Gasteiger partial charge on any atom is -0.468 e. The summed E-state index contributed by atoms with van der Waals surface area (Å²) in [6, 6.07) is 7.92. The maximum atomic E-state index is 13.4. The molecule has 0 saturated carbocycles. The Morgan fingerprint density at radius 3 is 2.69 bits per heavy atom. The molecule has 2 heterocycles. The summed E-state index contributed by atoms with van der Waals surface area (Å²) in [7, 11) is 0. The number of aryl methyl sites for hydroxylation is 1. The van der Waals surface area contributed by atoms with E-state index < -0.39 is 0 Å². The van der Waals surface area contributed by atoms with Crippen molar-refractivity contribution >= 4 is 16.9 Å². The van der Waals surface area contributed by atoms with Crippen LogP contribution >= 0.6 is 0 Å². The van der Waals surface area contributed by atoms with Gasteiger partial charge in [-0.2, -0.15) is 0 Å². The van der Waals surface area contributed by atoms with Crippen LogP contribution in [0.25, 0.3) is 11.0 Å². The van der Waals surface area contributed by atoms with Gasteiger partial charge in [-0.1, -0.05) is 13.8 Å². The summed E-state index contributed by atoms with van der Waals surface area (Å²) in [5, 5.41) is 3.54. The van der Waals surface area contributed by atoms with E-state index in [1.165, 1.54) is 18.2 Å². The van der Waals surface area contributed by atoms with Crippen LogP contribution in [0.1, 0.15) is 41.8 Å². The van der Waals surface area contributed by atoms with Crippen LogP contribution < -0.4 is 5.32 Å². The molecule has 26 heavy (non-hydrogen) atoms. The van der Waals surface area contributed by atoms with Crippen LogP contribution in [0.5, 0.6) is 0 Å². The molecule has 0 radical (unpaired) electrons. The second-order valence-electron chi connectivity index (χ2n) is 6.16. The van der Waals surface area contributed by atoms with Crippen LogP contribution in [0.3, 0.4) is 0 Å². The van der Waals surface area contributed by atoms with E-state index in [9.17, 15) is 9.18 Å². The van der Waals surface area contributed by atoms with E-state index in [-0.39, 0.29) is 23.5 Å². The van der Waals surface area contributed by atoms with E-state index in [4.69, 9.17) is 8.83 Å². The number of hydrogen-bond acceptors (Lipinski definition) is 4. The smallest absolute Gasteiger partial charge is 0.287 e. The van der Waals surface area contributed by atoms with E-state index in [1.807, 2.05) is 12.1 Å². The number of likely N-dealkylation sites (N-methyl/N-ethyl adjacent to an activating group) is 1. The minimum atomic E-state index is -0.354. The Bertz CT molecular complexity index is 882. The summed E-state index contributed by atoms with van der Waals surface area (Å²) in [5.41, 5.74) is 1.13. The molecule has 0 fully saturated rings. The van der Waals surface area contributed by atoms with Crippen molar-refractivity contribution in [3.63, 3.8) is 0 Å². The fraction of sp³-hybridized carbons (Fsp3) is 0.350. The van der Waals surface area contributed by atoms with Crippen LogP contribution in [-0.4, -0.2) is 30.4 Å². The summed E-state index contributed by atoms with van der Waals surface area (Å²) >= 11 is 0. The average molecular weight is 358 g/mol. The normalized spacial score (nSPS) is 12.7. The molecule has 1 atom stereocenters. The van der Waals surface area contributed by atoms with Crippen molar-refractivity contribution in [2.45, 2.75) is 26.8 Å². The number of rotatable bonds is 7. The van der Waals surface area contributed by atoms with Crippen LogP contribution in [-0.2, 0) is 0 Å². The van der Waals surface area contributed by atoms with E-state index in [0.717, 1.165) is 18.8 Å². The summed E-state index contributed by atoms with van der Waals surface area (Å²) < 4.78 is 24.6. The molecule has 6 heteroatoms. The second-order valence-corrected chi connectivity index (χ2v) is 6.16. The highest BCUT2D eigenvalue weighted by Crippen LogP contribution is 2.26. The third kappa shape index (κ3) is 3.51. The van der Waals surface area contributed by atoms with E-state index in [1.54, 1.807) is 13.2 Å². The molecule has 0 aliphatic rings. The van der Waals surface area contributed by atoms with Gasteiger partial charge in [0.05, 0.1) is 12.3 Å². The Balaban J connectivity index is 1.79. The van der Waals surface area contributed by atoms with Gasteiger partial charge in [0.15, 0.2) is 5.76 Å². The Morgan fingerprint density at radius 1 is 1.27 bits per heavy atom. The van der Waals surface area contributed by atoms with Crippen molar-refractivity contribution in [3.05, 3.63) is 59.5 Å². The van der Waals surface area contributed by atoms with Crippen molar-refractivity contribution in [2.75, 3.05) is 19.6 Å². The first kappa shape index (κ1) is 18.2. The molecule has 1 unspecified atom stereocenters. The Morgan fingerprint density at radius 2 is 2.04 bits per heavy atom. The lowest BCUT2D eigenvalue weighted by Gasteiger charge is -2.28. The molecule has 1 N–H and O–H groups in total. The van der Waals surface area contributed by atoms with Gasteiger partial charge >= 0.3 is 0 Å². The number of carbonyl (C=O) groups is 1. The molecule has 3 aromatic rings. The van der Waals surface area contributed by atoms with Crippen molar-refractivity contribution in [2.24, 2.45) is 0 Å². The highest BCUT2D eigenvalue weighted by molar-refractivity contribution is 5.98. The first-order chi connectivity index (χ1) is 12.5. The quantitative estimate of drug-likeness (QED) is 0.685. The zero-order valence-electron chi connectivity index (χ0n) is 15.2. The summed E-state index contributed by atoms with van der Waals surface area (Å²) in [5.74, 6) is 0.344. The number of halogens is 1. The maximum absolute atomic E-state index is 13.4. The van der Waals surface area contributed by atoms with Crippen LogP contribution in [0.15, 0.2) is 45.4 Å². The number of fused-ring (bicyclic) bond motifs is 1. The molecule has 0 spiro atoms. The van der Waals surface area contributed by atoms with Gasteiger partial charge in [0.1, 0.15) is 17.2 Å². The third-order valence-corrected chi connectivity index (χ3v) is 4.69. The van der Waals surface area contributed by atoms with E-state index in [2.05, 4.69) is 24.1 Å². The molecular formula is C20H23FN2O3. The third-order valence-electron chi connectivity index (χ3n) is 4.69. The van der Waals surface area contributed by atoms with Gasteiger partial charge in [0.2, 0.25) is 0 Å². The number of nitrogens with zero attached hydrogens (tertiary/aromatic N) is 1. The molecule has 0 aliphatic heterocycles. The predicted octanol–water partition coefficient (Wildman–Crippen LogP) is 4.29. The molecule has 3 rings (SSSR count). The van der Waals surface area contributed by atoms with Gasteiger partial charge in [0.25, 0.3) is 5.91 Å². The Labute approximate surface area is 151 Å². The summed E-state index contributed by atoms with van der Waals surface area (Å²) in [6.45, 7) is 7.95. The topological polar surface area (TPSA) is 58.6 Å². The SMILES string of the molecule is CCN(CC)C(CNC(=O)c1oc2ccc(F)cc2c1C)c1ccco1. The standard InChI is InChI=1S/C20H23FN2O3/c1-4-23(5-2)16(18-7-6-10-25-18)12-22-20(24)19-13(3)15-11-14(21)8-9-17(15)26-19/h6-11,16H,4-5,12H2,1-3H3,(H,22,24). The van der Waals surface area contributed by atoms with Gasteiger partial charge in [-0.25, -0.2) is 4.39 Å². The van der Waals surface area contributed by atoms with Crippen LogP contribution in [0.2, 0.25) is 0 Å². The van der Waals surface area contributed by atoms with Crippen molar-refractivity contribution in [1.29, 1.82) is 0 Å². The van der Waals surface area contributed by atoms with Crippen LogP contribution in [0, 0.1) is 12.7 Å². The van der Waals surface area contributed by atoms with Gasteiger partial charge in [-0.05, 0) is 50.3 Å². The van der Waals surface area contributed by atoms with Gasteiger partial charge < -0.3 is 14.2 Å². The first-order valence-corrected chi connectivity index (χ1v) is 8.79. The van der Waals surface area contributed by atoms with E-state index in [0.29, 0.717) is 23.1 Å². The van der Waals surface area contributed by atoms with Gasteiger partial charge in [-0.15, -0.1) is 0 Å². The van der Waals surface area contributed by atoms with Gasteiger partial charge in [0, 0.05) is 17.5 Å². The number of amides is 1. The lowest BCUT2D eigenvalue weighted by atomic mass is 10.1. The number of hydrogen-bond donors (Lipinski definition) is 1. The first-order valence-electron chi connectivity index (χ1n) is 8.79. The average Bonchev–Trinajstić information content (AvgIpc) is 3.27. The predicted molar refractivity (Wildman–Crippen MR) is 97.6 cm³/mol. The van der Waals surface area contributed by atoms with Crippen molar-refractivity contribution in [1.82, 2.24) is 10.2 Å². The number of furan rings is 2. The highest BCUT2D eigenvalue weighted by atomic mass is 19.1. The number of nitrogens with one attached hydrogen (secondary N) is 1. The number of carbonyl (C=O) groups excluding carboxylic acids is 1. The zero-order valence-corrected chi connectivity index (χ0v) is 15.2. The molecular weight excluding hydrogens is 335 g/mol. The molecule has 1 amide bonds. The Hall–Kier alpha value is -2.60. The Kier molecular flexibility index (Phi) is 5.42. The molecule has 0 aliphatic carbocycles. The monoisotopic (exact) mass is 358 g/mol. The molecule has 0 bridgehead atoms. The lowest BCUT2D eigenvalue weighted by Crippen LogP contribution is -2.38. The van der Waals surface area contributed by atoms with Crippen molar-refractivity contribution in [3.8, 4) is 0 Å². The van der Waals surface area contributed by atoms with Crippen molar-refractivity contribution < 1.29 is 18.0 Å². The van der Waals surface area contributed by atoms with Gasteiger partial charge in [-0.3, -0.25) is 9.69 Å². The maximum Gasteiger partial charge on any atom is 0.287 e. The second kappa shape index (κ2) is 7.74. The number of benzene rings is 1. The largest absolute Gasteiger partial charge is 0.468 e. The summed E-state index contributed by atoms with van der Waals surface area (Å²) in [6.07, 6.45) is 1.63. The fourth-order valence-electron chi connectivity index (χ4n) is 3.23. The molecule has 2 aromatic heterocycles. The highest BCUT2D eigenvalue weighted by Gasteiger charge is 2.23. The minimum absolute atomic E-state index is 0.0638. The van der Waals surface area contributed by atoms with Crippen LogP contribution in [0.4, 0.5) is 4.39 Å². The molecule has 138 valence electrons. The molecule has 0 saturated heterocycles. The summed E-state index contributed by atoms with van der Waals surface area (Å²) in [4.78, 5) is 14.9. The lowest BCUT2D eigenvalue weighted by molar-refractivity contribution is 0.0903.